The van der Waals surface area contributed by atoms with E-state index in [0.29, 0.717) is 11.8 Å². The summed E-state index contributed by atoms with van der Waals surface area (Å²) in [4.78, 5) is 46.5. The first-order valence-corrected chi connectivity index (χ1v) is 8.72. The molecule has 0 amide bonds. The largest absolute Gasteiger partial charge is 0.469 e. The minimum absolute atomic E-state index is 0.0131. The van der Waals surface area contributed by atoms with Crippen molar-refractivity contribution in [2.45, 2.75) is 38.9 Å². The predicted octanol–water partition coefficient (Wildman–Crippen LogP) is 2.47. The number of Topliss-reactive ketones (excluding diaryl/α,β-unsaturated/α-hetero) is 1. The third-order valence-corrected chi connectivity index (χ3v) is 4.07. The van der Waals surface area contributed by atoms with Gasteiger partial charge in [0.2, 0.25) is 6.79 Å². The highest BCUT2D eigenvalue weighted by Gasteiger charge is 2.30. The van der Waals surface area contributed by atoms with Crippen LogP contribution in [0.1, 0.15) is 34.1 Å². The van der Waals surface area contributed by atoms with Crippen LogP contribution in [0.5, 0.6) is 0 Å². The quantitative estimate of drug-likeness (QED) is 0.370. The van der Waals surface area contributed by atoms with Crippen LogP contribution in [-0.4, -0.2) is 47.4 Å². The van der Waals surface area contributed by atoms with Gasteiger partial charge in [0.1, 0.15) is 5.78 Å². The Bertz CT molecular complexity index is 469. The van der Waals surface area contributed by atoms with E-state index in [1.807, 2.05) is 0 Å². The second kappa shape index (κ2) is 10.6. The topological polar surface area (TPSA) is 96.0 Å². The highest BCUT2D eigenvalue weighted by Crippen LogP contribution is 2.22. The summed E-state index contributed by atoms with van der Waals surface area (Å²) >= 11 is 4.87. The van der Waals surface area contributed by atoms with Crippen molar-refractivity contribution in [1.29, 1.82) is 0 Å². The predicted molar refractivity (Wildman–Crippen MR) is 92.9 cm³/mol. The normalized spacial score (nSPS) is 12.5. The van der Waals surface area contributed by atoms with Gasteiger partial charge in [0.05, 0.1) is 23.7 Å². The van der Waals surface area contributed by atoms with Crippen molar-refractivity contribution >= 4 is 47.4 Å². The molecule has 0 saturated carbocycles. The number of methoxy groups -OCH3 is 1. The molecule has 0 rings (SSSR count). The van der Waals surface area contributed by atoms with Crippen LogP contribution in [0.3, 0.4) is 0 Å². The molecule has 0 aromatic carbocycles. The Morgan fingerprint density at radius 3 is 2.12 bits per heavy atom. The number of hydrogen-bond donors (Lipinski definition) is 1. The van der Waals surface area contributed by atoms with Crippen LogP contribution in [0.25, 0.3) is 0 Å². The van der Waals surface area contributed by atoms with Crippen LogP contribution in [-0.2, 0) is 28.6 Å². The summed E-state index contributed by atoms with van der Waals surface area (Å²) in [7, 11) is 1.21. The average molecular weight is 380 g/mol. The molecule has 24 heavy (non-hydrogen) atoms. The Morgan fingerprint density at radius 1 is 1.08 bits per heavy atom. The fourth-order valence-electron chi connectivity index (χ4n) is 1.36. The van der Waals surface area contributed by atoms with Crippen LogP contribution in [0, 0.1) is 11.8 Å². The summed E-state index contributed by atoms with van der Waals surface area (Å²) in [5.41, 5.74) is 0. The summed E-state index contributed by atoms with van der Waals surface area (Å²) in [6, 6.07) is 0. The molecule has 0 bridgehead atoms. The molecular weight excluding hydrogens is 356 g/mol. The van der Waals surface area contributed by atoms with E-state index in [4.69, 9.17) is 9.47 Å². The molecule has 0 unspecified atom stereocenters. The number of ether oxygens (including phenoxy) is 3. The van der Waals surface area contributed by atoms with Crippen molar-refractivity contribution in [3.8, 4) is 0 Å². The Morgan fingerprint density at radius 2 is 1.67 bits per heavy atom. The molecule has 0 aromatic rings. The van der Waals surface area contributed by atoms with Crippen molar-refractivity contribution in [3.05, 3.63) is 0 Å². The summed E-state index contributed by atoms with van der Waals surface area (Å²) in [5.74, 6) is -2.41. The van der Waals surface area contributed by atoms with Gasteiger partial charge in [0, 0.05) is 12.2 Å². The first-order chi connectivity index (χ1) is 11.0. The van der Waals surface area contributed by atoms with Crippen molar-refractivity contribution in [1.82, 2.24) is 0 Å². The van der Waals surface area contributed by atoms with Gasteiger partial charge in [-0.2, -0.15) is 12.6 Å². The SMILES string of the molecule is COC(=O)[C@H](CSC(=O)OCOC(=O)C(C)C)CC(=O)C(C)(C)S. The maximum atomic E-state index is 12.0. The van der Waals surface area contributed by atoms with Gasteiger partial charge in [-0.25, -0.2) is 4.79 Å². The molecule has 0 aliphatic heterocycles. The van der Waals surface area contributed by atoms with Crippen molar-refractivity contribution in [2.24, 2.45) is 11.8 Å². The molecule has 138 valence electrons. The van der Waals surface area contributed by atoms with E-state index in [1.165, 1.54) is 7.11 Å². The van der Waals surface area contributed by atoms with E-state index in [0.717, 1.165) is 0 Å². The molecule has 0 saturated heterocycles. The molecule has 7 nitrogen and oxygen atoms in total. The highest BCUT2D eigenvalue weighted by atomic mass is 32.2. The van der Waals surface area contributed by atoms with Gasteiger partial charge in [-0.05, 0) is 25.6 Å². The first kappa shape index (κ1) is 22.8. The number of ketones is 1. The number of carbonyl (C=O) groups is 4. The van der Waals surface area contributed by atoms with Crippen molar-refractivity contribution in [2.75, 3.05) is 19.7 Å². The number of thioether (sulfide) groups is 1. The number of carbonyl (C=O) groups excluding carboxylic acids is 4. The third kappa shape index (κ3) is 9.17. The second-order valence-corrected chi connectivity index (χ2v) is 7.92. The lowest BCUT2D eigenvalue weighted by Gasteiger charge is -2.19. The maximum absolute atomic E-state index is 12.0. The number of thiol groups is 1. The van der Waals surface area contributed by atoms with Gasteiger partial charge in [0.25, 0.3) is 0 Å². The lowest BCUT2D eigenvalue weighted by molar-refractivity contribution is -0.155. The monoisotopic (exact) mass is 380 g/mol. The Kier molecular flexibility index (Phi) is 10.1. The molecule has 0 heterocycles. The van der Waals surface area contributed by atoms with Gasteiger partial charge in [-0.15, -0.1) is 0 Å². The molecule has 0 radical (unpaired) electrons. The summed E-state index contributed by atoms with van der Waals surface area (Å²) in [6.07, 6.45) is -0.0915. The number of rotatable bonds is 9. The second-order valence-electron chi connectivity index (χ2n) is 5.85. The summed E-state index contributed by atoms with van der Waals surface area (Å²) < 4.78 is 13.2. The third-order valence-electron chi connectivity index (χ3n) is 2.90. The van der Waals surface area contributed by atoms with Crippen LogP contribution in [0.15, 0.2) is 0 Å². The van der Waals surface area contributed by atoms with E-state index >= 15 is 0 Å². The van der Waals surface area contributed by atoms with Gasteiger partial charge in [0.15, 0.2) is 0 Å². The highest BCUT2D eigenvalue weighted by molar-refractivity contribution is 8.13. The van der Waals surface area contributed by atoms with Crippen molar-refractivity contribution < 1.29 is 33.4 Å². The van der Waals surface area contributed by atoms with Gasteiger partial charge >= 0.3 is 17.2 Å². The Labute approximate surface area is 151 Å². The zero-order valence-electron chi connectivity index (χ0n) is 14.5. The fraction of sp³-hybridized carbons (Fsp3) is 0.733. The van der Waals surface area contributed by atoms with Crippen molar-refractivity contribution in [3.63, 3.8) is 0 Å². The van der Waals surface area contributed by atoms with Crippen LogP contribution in [0.2, 0.25) is 0 Å². The maximum Gasteiger partial charge on any atom is 0.370 e. The van der Waals surface area contributed by atoms with Crippen LogP contribution >= 0.6 is 24.4 Å². The lowest BCUT2D eigenvalue weighted by atomic mass is 9.97. The molecule has 0 aliphatic carbocycles. The smallest absolute Gasteiger partial charge is 0.370 e. The molecule has 0 N–H and O–H groups in total. The average Bonchev–Trinajstić information content (AvgIpc) is 2.48. The Hall–Kier alpha value is -1.22. The lowest BCUT2D eigenvalue weighted by Crippen LogP contribution is -2.31. The van der Waals surface area contributed by atoms with Crippen LogP contribution in [0.4, 0.5) is 4.79 Å². The molecule has 0 spiro atoms. The minimum atomic E-state index is -0.886. The van der Waals surface area contributed by atoms with E-state index in [2.05, 4.69) is 17.4 Å². The standard InChI is InChI=1S/C15H24O7S2/c1-9(2)12(17)21-8-22-14(19)24-7-10(13(18)20-5)6-11(16)15(3,4)23/h9-10,23H,6-8H2,1-5H3/t10-/m0/s1. The number of hydrogen-bond acceptors (Lipinski definition) is 9. The van der Waals surface area contributed by atoms with Gasteiger partial charge in [-0.3, -0.25) is 14.4 Å². The summed E-state index contributed by atoms with van der Waals surface area (Å²) in [5, 5.41) is -0.710. The first-order valence-electron chi connectivity index (χ1n) is 7.28. The molecule has 0 aliphatic rings. The van der Waals surface area contributed by atoms with E-state index in [-0.39, 0.29) is 23.9 Å². The summed E-state index contributed by atoms with van der Waals surface area (Å²) in [6.45, 7) is 6.06. The zero-order chi connectivity index (χ0) is 18.9. The van der Waals surface area contributed by atoms with Crippen LogP contribution < -0.4 is 0 Å². The van der Waals surface area contributed by atoms with Gasteiger partial charge < -0.3 is 14.2 Å². The zero-order valence-corrected chi connectivity index (χ0v) is 16.2. The van der Waals surface area contributed by atoms with E-state index in [1.54, 1.807) is 27.7 Å². The minimum Gasteiger partial charge on any atom is -0.469 e. The molecule has 0 aromatic heterocycles. The van der Waals surface area contributed by atoms with E-state index < -0.39 is 34.7 Å². The Balaban J connectivity index is 4.41. The fourth-order valence-corrected chi connectivity index (χ4v) is 2.18. The molecule has 1 atom stereocenters. The molecule has 9 heteroatoms. The number of esters is 2. The molecular formula is C15H24O7S2. The van der Waals surface area contributed by atoms with E-state index in [9.17, 15) is 19.2 Å². The van der Waals surface area contributed by atoms with Gasteiger partial charge in [-0.1, -0.05) is 13.8 Å². The molecule has 0 fully saturated rings.